The minimum absolute atomic E-state index is 0.0675. The van der Waals surface area contributed by atoms with Crippen LogP contribution in [0.25, 0.3) is 0 Å². The molecule has 0 aliphatic carbocycles. The van der Waals surface area contributed by atoms with Gasteiger partial charge in [0.15, 0.2) is 0 Å². The molecule has 0 amide bonds. The van der Waals surface area contributed by atoms with E-state index in [1.807, 2.05) is 6.92 Å². The molecule has 0 heterocycles. The molecule has 1 aromatic rings. The van der Waals surface area contributed by atoms with Gasteiger partial charge in [0, 0.05) is 22.3 Å². The Bertz CT molecular complexity index is 352. The van der Waals surface area contributed by atoms with E-state index in [1.165, 1.54) is 12.1 Å². The molecule has 70 valence electrons. The third kappa shape index (κ3) is 1.98. The first-order valence-corrected chi connectivity index (χ1v) is 4.57. The summed E-state index contributed by atoms with van der Waals surface area (Å²) in [6.07, 6.45) is 0.687. The SMILES string of the molecule is CCc1cc([N+](=O)[O-])cc(Br)c1N. The van der Waals surface area contributed by atoms with Crippen molar-refractivity contribution in [2.24, 2.45) is 0 Å². The first kappa shape index (κ1) is 9.98. The summed E-state index contributed by atoms with van der Waals surface area (Å²) in [6, 6.07) is 2.91. The van der Waals surface area contributed by atoms with E-state index >= 15 is 0 Å². The van der Waals surface area contributed by atoms with Crippen LogP contribution in [0.4, 0.5) is 11.4 Å². The minimum Gasteiger partial charge on any atom is -0.398 e. The van der Waals surface area contributed by atoms with Crippen molar-refractivity contribution in [3.8, 4) is 0 Å². The summed E-state index contributed by atoms with van der Waals surface area (Å²) in [5.41, 5.74) is 7.13. The topological polar surface area (TPSA) is 69.2 Å². The number of anilines is 1. The molecular weight excluding hydrogens is 236 g/mol. The normalized spacial score (nSPS) is 10.0. The summed E-state index contributed by atoms with van der Waals surface area (Å²) in [7, 11) is 0. The Balaban J connectivity index is 3.30. The number of nitro benzene ring substituents is 1. The van der Waals surface area contributed by atoms with Crippen LogP contribution in [0.1, 0.15) is 12.5 Å². The maximum Gasteiger partial charge on any atom is 0.270 e. The van der Waals surface area contributed by atoms with Crippen LogP contribution in [0.3, 0.4) is 0 Å². The Morgan fingerprint density at radius 1 is 1.62 bits per heavy atom. The fourth-order valence-corrected chi connectivity index (χ4v) is 1.55. The zero-order valence-electron chi connectivity index (χ0n) is 7.08. The predicted octanol–water partition coefficient (Wildman–Crippen LogP) is 2.50. The van der Waals surface area contributed by atoms with Crippen molar-refractivity contribution >= 4 is 27.3 Å². The highest BCUT2D eigenvalue weighted by molar-refractivity contribution is 9.10. The second-order valence-corrected chi connectivity index (χ2v) is 3.47. The molecule has 0 unspecified atom stereocenters. The average Bonchev–Trinajstić information content (AvgIpc) is 2.09. The van der Waals surface area contributed by atoms with Gasteiger partial charge in [-0.05, 0) is 27.9 Å². The average molecular weight is 245 g/mol. The number of aryl methyl sites for hydroxylation is 1. The highest BCUT2D eigenvalue weighted by atomic mass is 79.9. The van der Waals surface area contributed by atoms with E-state index in [1.54, 1.807) is 0 Å². The standard InChI is InChI=1S/C8H9BrN2O2/c1-2-5-3-6(11(12)13)4-7(9)8(5)10/h3-4H,2,10H2,1H3. The quantitative estimate of drug-likeness (QED) is 0.494. The molecule has 0 radical (unpaired) electrons. The van der Waals surface area contributed by atoms with Crippen LogP contribution in [0.15, 0.2) is 16.6 Å². The van der Waals surface area contributed by atoms with Gasteiger partial charge in [0.25, 0.3) is 5.69 Å². The van der Waals surface area contributed by atoms with Gasteiger partial charge in [0.2, 0.25) is 0 Å². The Morgan fingerprint density at radius 2 is 2.23 bits per heavy atom. The summed E-state index contributed by atoms with van der Waals surface area (Å²) < 4.78 is 0.582. The molecule has 1 rings (SSSR count). The number of non-ortho nitro benzene ring substituents is 1. The largest absolute Gasteiger partial charge is 0.398 e. The second-order valence-electron chi connectivity index (χ2n) is 2.61. The number of rotatable bonds is 2. The summed E-state index contributed by atoms with van der Waals surface area (Å²) in [5, 5.41) is 10.5. The number of hydrogen-bond donors (Lipinski definition) is 1. The fraction of sp³-hybridized carbons (Fsp3) is 0.250. The molecule has 0 saturated heterocycles. The Labute approximate surface area is 84.0 Å². The zero-order valence-corrected chi connectivity index (χ0v) is 8.67. The van der Waals surface area contributed by atoms with E-state index in [4.69, 9.17) is 5.73 Å². The molecule has 5 heteroatoms. The smallest absolute Gasteiger partial charge is 0.270 e. The van der Waals surface area contributed by atoms with E-state index < -0.39 is 4.92 Å². The lowest BCUT2D eigenvalue weighted by Crippen LogP contribution is -1.97. The Morgan fingerprint density at radius 3 is 2.69 bits per heavy atom. The molecule has 0 atom stereocenters. The van der Waals surface area contributed by atoms with E-state index in [0.29, 0.717) is 16.6 Å². The molecule has 0 aromatic heterocycles. The van der Waals surface area contributed by atoms with Gasteiger partial charge in [-0.2, -0.15) is 0 Å². The maximum absolute atomic E-state index is 10.5. The molecule has 4 nitrogen and oxygen atoms in total. The number of benzene rings is 1. The zero-order chi connectivity index (χ0) is 10.0. The van der Waals surface area contributed by atoms with Gasteiger partial charge in [0.05, 0.1) is 4.92 Å². The van der Waals surface area contributed by atoms with Crippen LogP contribution in [-0.2, 0) is 6.42 Å². The lowest BCUT2D eigenvalue weighted by Gasteiger charge is -2.04. The predicted molar refractivity (Wildman–Crippen MR) is 54.6 cm³/mol. The first-order valence-electron chi connectivity index (χ1n) is 3.78. The van der Waals surface area contributed by atoms with Crippen molar-refractivity contribution in [2.45, 2.75) is 13.3 Å². The minimum atomic E-state index is -0.427. The van der Waals surface area contributed by atoms with Crippen LogP contribution in [0.5, 0.6) is 0 Å². The monoisotopic (exact) mass is 244 g/mol. The molecule has 0 fully saturated rings. The van der Waals surface area contributed by atoms with Crippen LogP contribution >= 0.6 is 15.9 Å². The van der Waals surface area contributed by atoms with E-state index in [9.17, 15) is 10.1 Å². The van der Waals surface area contributed by atoms with Crippen molar-refractivity contribution in [3.05, 3.63) is 32.3 Å². The highest BCUT2D eigenvalue weighted by Gasteiger charge is 2.11. The van der Waals surface area contributed by atoms with Crippen molar-refractivity contribution in [1.29, 1.82) is 0 Å². The third-order valence-corrected chi connectivity index (χ3v) is 2.45. The van der Waals surface area contributed by atoms with Gasteiger partial charge in [-0.25, -0.2) is 0 Å². The van der Waals surface area contributed by atoms with Gasteiger partial charge >= 0.3 is 0 Å². The van der Waals surface area contributed by atoms with Crippen molar-refractivity contribution in [2.75, 3.05) is 5.73 Å². The van der Waals surface area contributed by atoms with Crippen LogP contribution < -0.4 is 5.73 Å². The third-order valence-electron chi connectivity index (χ3n) is 1.79. The summed E-state index contributed by atoms with van der Waals surface area (Å²) in [6.45, 7) is 1.90. The van der Waals surface area contributed by atoms with Gasteiger partial charge in [-0.1, -0.05) is 6.92 Å². The first-order chi connectivity index (χ1) is 6.06. The number of nitrogens with two attached hydrogens (primary N) is 1. The highest BCUT2D eigenvalue weighted by Crippen LogP contribution is 2.29. The lowest BCUT2D eigenvalue weighted by atomic mass is 10.1. The van der Waals surface area contributed by atoms with Crippen molar-refractivity contribution in [1.82, 2.24) is 0 Å². The molecule has 0 spiro atoms. The fourth-order valence-electron chi connectivity index (χ4n) is 1.06. The lowest BCUT2D eigenvalue weighted by molar-refractivity contribution is -0.385. The number of nitrogens with zero attached hydrogens (tertiary/aromatic N) is 1. The number of hydrogen-bond acceptors (Lipinski definition) is 3. The van der Waals surface area contributed by atoms with Gasteiger partial charge in [-0.15, -0.1) is 0 Å². The molecule has 2 N–H and O–H groups in total. The van der Waals surface area contributed by atoms with Crippen LogP contribution in [-0.4, -0.2) is 4.92 Å². The molecular formula is C8H9BrN2O2. The van der Waals surface area contributed by atoms with E-state index in [2.05, 4.69) is 15.9 Å². The molecule has 0 aliphatic rings. The summed E-state index contributed by atoms with van der Waals surface area (Å²) >= 11 is 3.18. The number of halogens is 1. The molecule has 1 aromatic carbocycles. The van der Waals surface area contributed by atoms with E-state index in [0.717, 1.165) is 5.56 Å². The second kappa shape index (κ2) is 3.74. The number of nitro groups is 1. The Hall–Kier alpha value is -1.10. The molecule has 0 aliphatic heterocycles. The van der Waals surface area contributed by atoms with Crippen LogP contribution in [0, 0.1) is 10.1 Å². The summed E-state index contributed by atoms with van der Waals surface area (Å²) in [5.74, 6) is 0. The maximum atomic E-state index is 10.5. The van der Waals surface area contributed by atoms with Crippen molar-refractivity contribution in [3.63, 3.8) is 0 Å². The molecule has 13 heavy (non-hydrogen) atoms. The number of nitrogen functional groups attached to an aromatic ring is 1. The van der Waals surface area contributed by atoms with Crippen LogP contribution in [0.2, 0.25) is 0 Å². The molecule has 0 saturated carbocycles. The van der Waals surface area contributed by atoms with Gasteiger partial charge in [0.1, 0.15) is 0 Å². The van der Waals surface area contributed by atoms with E-state index in [-0.39, 0.29) is 5.69 Å². The van der Waals surface area contributed by atoms with Gasteiger partial charge < -0.3 is 5.73 Å². The molecule has 0 bridgehead atoms. The Kier molecular flexibility index (Phi) is 2.87. The van der Waals surface area contributed by atoms with Crippen molar-refractivity contribution < 1.29 is 4.92 Å². The summed E-state index contributed by atoms with van der Waals surface area (Å²) in [4.78, 5) is 10.0. The van der Waals surface area contributed by atoms with Gasteiger partial charge in [-0.3, -0.25) is 10.1 Å².